The van der Waals surface area contributed by atoms with Gasteiger partial charge in [-0.3, -0.25) is 4.79 Å². The molecular formula is C16H30O. The van der Waals surface area contributed by atoms with Crippen molar-refractivity contribution < 1.29 is 4.79 Å². The van der Waals surface area contributed by atoms with Crippen molar-refractivity contribution in [2.45, 2.75) is 68.7 Å². The molecule has 1 unspecified atom stereocenters. The van der Waals surface area contributed by atoms with Crippen LogP contribution in [0, 0.1) is 16.7 Å². The monoisotopic (exact) mass is 238 g/mol. The van der Waals surface area contributed by atoms with Crippen LogP contribution in [0.1, 0.15) is 68.7 Å². The molecule has 0 rings (SSSR count). The van der Waals surface area contributed by atoms with E-state index in [1.165, 1.54) is 5.57 Å². The van der Waals surface area contributed by atoms with Gasteiger partial charge < -0.3 is 0 Å². The summed E-state index contributed by atoms with van der Waals surface area (Å²) in [6, 6.07) is 0. The zero-order valence-electron chi connectivity index (χ0n) is 13.2. The molecule has 0 aromatic carbocycles. The van der Waals surface area contributed by atoms with Crippen molar-refractivity contribution in [1.29, 1.82) is 0 Å². The molecule has 0 spiro atoms. The Labute approximate surface area is 108 Å². The van der Waals surface area contributed by atoms with E-state index in [0.717, 1.165) is 12.0 Å². The number of hydrogen-bond donors (Lipinski definition) is 0. The van der Waals surface area contributed by atoms with E-state index < -0.39 is 0 Å². The van der Waals surface area contributed by atoms with E-state index in [9.17, 15) is 4.79 Å². The fourth-order valence-electron chi connectivity index (χ4n) is 1.98. The Kier molecular flexibility index (Phi) is 5.18. The Hall–Kier alpha value is -0.590. The number of allylic oxidation sites excluding steroid dienone is 2. The summed E-state index contributed by atoms with van der Waals surface area (Å²) in [4.78, 5) is 11.8. The molecule has 1 atom stereocenters. The van der Waals surface area contributed by atoms with E-state index in [0.29, 0.717) is 5.92 Å². The number of ketones is 1. The first-order valence-electron chi connectivity index (χ1n) is 6.57. The van der Waals surface area contributed by atoms with Gasteiger partial charge in [-0.05, 0) is 42.6 Å². The highest BCUT2D eigenvalue weighted by atomic mass is 16.1. The molecule has 0 N–H and O–H groups in total. The van der Waals surface area contributed by atoms with Gasteiger partial charge in [0.2, 0.25) is 0 Å². The maximum Gasteiger partial charge on any atom is 0.155 e. The SMILES string of the molecule is CC(=O)/C(CC(C)(C)C)=C(\C)C(C)C(C)(C)C. The molecular weight excluding hydrogens is 208 g/mol. The molecule has 0 aromatic rings. The number of hydrogen-bond acceptors (Lipinski definition) is 1. The molecule has 0 saturated carbocycles. The molecule has 0 aliphatic rings. The van der Waals surface area contributed by atoms with Gasteiger partial charge >= 0.3 is 0 Å². The van der Waals surface area contributed by atoms with Crippen LogP contribution in [0.4, 0.5) is 0 Å². The van der Waals surface area contributed by atoms with Crippen molar-refractivity contribution >= 4 is 5.78 Å². The molecule has 1 nitrogen and oxygen atoms in total. The summed E-state index contributed by atoms with van der Waals surface area (Å²) in [5.41, 5.74) is 2.67. The van der Waals surface area contributed by atoms with Crippen LogP contribution in [-0.4, -0.2) is 5.78 Å². The number of carbonyl (C=O) groups is 1. The van der Waals surface area contributed by atoms with Crippen LogP contribution in [0.5, 0.6) is 0 Å². The highest BCUT2D eigenvalue weighted by Crippen LogP contribution is 2.36. The third-order valence-corrected chi connectivity index (χ3v) is 3.56. The molecule has 0 radical (unpaired) electrons. The first-order valence-corrected chi connectivity index (χ1v) is 6.57. The minimum Gasteiger partial charge on any atom is -0.295 e. The molecule has 0 fully saturated rings. The van der Waals surface area contributed by atoms with Crippen LogP contribution < -0.4 is 0 Å². The predicted molar refractivity (Wildman–Crippen MR) is 76.1 cm³/mol. The largest absolute Gasteiger partial charge is 0.295 e. The Morgan fingerprint density at radius 3 is 1.65 bits per heavy atom. The first kappa shape index (κ1) is 16.4. The topological polar surface area (TPSA) is 17.1 Å². The average Bonchev–Trinajstić information content (AvgIpc) is 2.08. The maximum absolute atomic E-state index is 11.8. The van der Waals surface area contributed by atoms with Gasteiger partial charge in [-0.2, -0.15) is 0 Å². The summed E-state index contributed by atoms with van der Waals surface area (Å²) in [5, 5.41) is 0. The molecule has 0 saturated heterocycles. The lowest BCUT2D eigenvalue weighted by Gasteiger charge is -2.31. The molecule has 0 aromatic heterocycles. The van der Waals surface area contributed by atoms with Crippen molar-refractivity contribution in [3.63, 3.8) is 0 Å². The van der Waals surface area contributed by atoms with Crippen LogP contribution >= 0.6 is 0 Å². The molecule has 17 heavy (non-hydrogen) atoms. The lowest BCUT2D eigenvalue weighted by atomic mass is 9.74. The summed E-state index contributed by atoms with van der Waals surface area (Å²) in [5.74, 6) is 0.664. The molecule has 0 heterocycles. The second kappa shape index (κ2) is 5.37. The molecule has 0 bridgehead atoms. The van der Waals surface area contributed by atoms with Crippen LogP contribution in [0.25, 0.3) is 0 Å². The van der Waals surface area contributed by atoms with Crippen molar-refractivity contribution in [2.75, 3.05) is 0 Å². The highest BCUT2D eigenvalue weighted by molar-refractivity contribution is 5.94. The van der Waals surface area contributed by atoms with E-state index in [-0.39, 0.29) is 16.6 Å². The zero-order valence-corrected chi connectivity index (χ0v) is 13.2. The number of carbonyl (C=O) groups excluding carboxylic acids is 1. The predicted octanol–water partition coefficient (Wildman–Crippen LogP) is 5.01. The highest BCUT2D eigenvalue weighted by Gasteiger charge is 2.26. The quantitative estimate of drug-likeness (QED) is 0.632. The zero-order chi connectivity index (χ0) is 14.0. The molecule has 1 heteroatoms. The van der Waals surface area contributed by atoms with Gasteiger partial charge in [-0.25, -0.2) is 0 Å². The van der Waals surface area contributed by atoms with Gasteiger partial charge in [0.15, 0.2) is 5.78 Å². The lowest BCUT2D eigenvalue weighted by Crippen LogP contribution is -2.22. The second-order valence-electron chi connectivity index (χ2n) is 7.54. The minimum atomic E-state index is 0.167. The van der Waals surface area contributed by atoms with Gasteiger partial charge in [0.05, 0.1) is 0 Å². The van der Waals surface area contributed by atoms with Crippen molar-refractivity contribution in [3.8, 4) is 0 Å². The lowest BCUT2D eigenvalue weighted by molar-refractivity contribution is -0.114. The van der Waals surface area contributed by atoms with Crippen molar-refractivity contribution in [3.05, 3.63) is 11.1 Å². The van der Waals surface area contributed by atoms with E-state index in [2.05, 4.69) is 55.4 Å². The van der Waals surface area contributed by atoms with Gasteiger partial charge in [-0.1, -0.05) is 54.0 Å². The van der Waals surface area contributed by atoms with E-state index in [1.807, 2.05) is 0 Å². The normalized spacial score (nSPS) is 16.5. The first-order chi connectivity index (χ1) is 7.36. The Balaban J connectivity index is 5.35. The number of rotatable bonds is 3. The summed E-state index contributed by atoms with van der Waals surface area (Å²) >= 11 is 0. The van der Waals surface area contributed by atoms with E-state index in [4.69, 9.17) is 0 Å². The second-order valence-corrected chi connectivity index (χ2v) is 7.54. The molecule has 0 amide bonds. The van der Waals surface area contributed by atoms with Crippen LogP contribution in [0.3, 0.4) is 0 Å². The summed E-state index contributed by atoms with van der Waals surface area (Å²) in [6.45, 7) is 19.3. The molecule has 100 valence electrons. The van der Waals surface area contributed by atoms with E-state index >= 15 is 0 Å². The summed E-state index contributed by atoms with van der Waals surface area (Å²) < 4.78 is 0. The van der Waals surface area contributed by atoms with Gasteiger partial charge in [-0.15, -0.1) is 0 Å². The maximum atomic E-state index is 11.8. The van der Waals surface area contributed by atoms with Crippen LogP contribution in [-0.2, 0) is 4.79 Å². The fourth-order valence-corrected chi connectivity index (χ4v) is 1.98. The van der Waals surface area contributed by atoms with Crippen LogP contribution in [0.15, 0.2) is 11.1 Å². The summed E-state index contributed by atoms with van der Waals surface area (Å²) in [7, 11) is 0. The third-order valence-electron chi connectivity index (χ3n) is 3.56. The van der Waals surface area contributed by atoms with Gasteiger partial charge in [0.1, 0.15) is 0 Å². The third kappa shape index (κ3) is 5.52. The summed E-state index contributed by atoms with van der Waals surface area (Å²) in [6.07, 6.45) is 0.870. The average molecular weight is 238 g/mol. The smallest absolute Gasteiger partial charge is 0.155 e. The van der Waals surface area contributed by atoms with Gasteiger partial charge in [0, 0.05) is 0 Å². The van der Waals surface area contributed by atoms with Crippen molar-refractivity contribution in [1.82, 2.24) is 0 Å². The minimum absolute atomic E-state index is 0.167. The number of Topliss-reactive ketones (excluding diaryl/α,β-unsaturated/α-hetero) is 1. The molecule has 0 aliphatic heterocycles. The Bertz CT molecular complexity index is 307. The standard InChI is InChI=1S/C16H30O/c1-11(12(2)16(7,8)9)14(13(3)17)10-15(4,5)6/h12H,10H2,1-9H3/b14-11+. The molecule has 0 aliphatic carbocycles. The van der Waals surface area contributed by atoms with Crippen LogP contribution in [0.2, 0.25) is 0 Å². The Morgan fingerprint density at radius 1 is 1.00 bits per heavy atom. The Morgan fingerprint density at radius 2 is 1.41 bits per heavy atom. The fraction of sp³-hybridized carbons (Fsp3) is 0.812. The van der Waals surface area contributed by atoms with E-state index in [1.54, 1.807) is 6.92 Å². The van der Waals surface area contributed by atoms with Crippen molar-refractivity contribution in [2.24, 2.45) is 16.7 Å². The van der Waals surface area contributed by atoms with Gasteiger partial charge in [0.25, 0.3) is 0 Å².